The Labute approximate surface area is 182 Å². The van der Waals surface area contributed by atoms with Crippen LogP contribution in [0, 0.1) is 0 Å². The maximum absolute atomic E-state index is 13.6. The number of benzene rings is 3. The van der Waals surface area contributed by atoms with Gasteiger partial charge in [-0.05, 0) is 48.0 Å². The van der Waals surface area contributed by atoms with Crippen molar-refractivity contribution in [2.75, 3.05) is 7.11 Å². The first-order valence-electron chi connectivity index (χ1n) is 9.68. The number of rotatable bonds is 4. The molecule has 2 heterocycles. The molecule has 0 unspecified atom stereocenters. The molecule has 2 aromatic heterocycles. The lowest BCUT2D eigenvalue weighted by Crippen LogP contribution is -2.23. The second kappa shape index (κ2) is 7.49. The third kappa shape index (κ3) is 3.31. The molecule has 0 amide bonds. The Morgan fingerprint density at radius 2 is 1.87 bits per heavy atom. The molecule has 0 aliphatic heterocycles. The lowest BCUT2D eigenvalue weighted by atomic mass is 10.1. The third-order valence-corrected chi connectivity index (χ3v) is 5.56. The minimum absolute atomic E-state index is 0.111. The number of aromatic nitrogens is 3. The molecule has 6 nitrogen and oxygen atoms in total. The summed E-state index contributed by atoms with van der Waals surface area (Å²) >= 11 is 6.20. The maximum atomic E-state index is 13.6. The fraction of sp³-hybridized carbons (Fsp3) is 0.0833. The van der Waals surface area contributed by atoms with Crippen molar-refractivity contribution < 1.29 is 9.84 Å². The summed E-state index contributed by atoms with van der Waals surface area (Å²) in [7, 11) is 1.61. The van der Waals surface area contributed by atoms with Crippen molar-refractivity contribution in [2.24, 2.45) is 0 Å². The van der Waals surface area contributed by atoms with Gasteiger partial charge in [0.1, 0.15) is 22.9 Å². The highest BCUT2D eigenvalue weighted by atomic mass is 35.5. The fourth-order valence-corrected chi connectivity index (χ4v) is 3.94. The van der Waals surface area contributed by atoms with Crippen LogP contribution in [-0.4, -0.2) is 26.8 Å². The number of fused-ring (bicyclic) bond motifs is 2. The molecule has 154 valence electrons. The van der Waals surface area contributed by atoms with Crippen LogP contribution in [0.2, 0.25) is 5.02 Å². The zero-order valence-electron chi connectivity index (χ0n) is 16.6. The van der Waals surface area contributed by atoms with E-state index < -0.39 is 0 Å². The Balaban J connectivity index is 1.76. The summed E-state index contributed by atoms with van der Waals surface area (Å²) in [5.74, 6) is 0.906. The lowest BCUT2D eigenvalue weighted by molar-refractivity contribution is 0.414. The molecule has 0 bridgehead atoms. The van der Waals surface area contributed by atoms with Crippen molar-refractivity contribution in [2.45, 2.75) is 6.54 Å². The maximum Gasteiger partial charge on any atom is 0.266 e. The number of ether oxygens (including phenoxy) is 1. The number of pyridine rings is 1. The number of nitrogens with zero attached hydrogens (tertiary/aromatic N) is 2. The van der Waals surface area contributed by atoms with E-state index in [-0.39, 0.29) is 16.9 Å². The number of hydrogen-bond acceptors (Lipinski definition) is 4. The van der Waals surface area contributed by atoms with Gasteiger partial charge in [0, 0.05) is 10.4 Å². The van der Waals surface area contributed by atoms with Crippen LogP contribution < -0.4 is 10.3 Å². The highest BCUT2D eigenvalue weighted by Crippen LogP contribution is 2.34. The van der Waals surface area contributed by atoms with E-state index in [0.29, 0.717) is 33.8 Å². The van der Waals surface area contributed by atoms with Crippen LogP contribution in [-0.2, 0) is 6.54 Å². The Bertz CT molecular complexity index is 1450. The van der Waals surface area contributed by atoms with Gasteiger partial charge in [-0.15, -0.1) is 0 Å². The number of halogens is 1. The topological polar surface area (TPSA) is 80.1 Å². The van der Waals surface area contributed by atoms with Crippen LogP contribution in [0.5, 0.6) is 11.5 Å². The van der Waals surface area contributed by atoms with E-state index >= 15 is 0 Å². The number of imidazole rings is 1. The summed E-state index contributed by atoms with van der Waals surface area (Å²) in [4.78, 5) is 21.3. The Morgan fingerprint density at radius 1 is 1.10 bits per heavy atom. The molecule has 0 spiro atoms. The normalized spacial score (nSPS) is 11.3. The van der Waals surface area contributed by atoms with Crippen molar-refractivity contribution in [1.29, 1.82) is 0 Å². The number of methoxy groups -OCH3 is 1. The molecular weight excluding hydrogens is 414 g/mol. The van der Waals surface area contributed by atoms with Crippen molar-refractivity contribution in [1.82, 2.24) is 14.5 Å². The monoisotopic (exact) mass is 431 g/mol. The molecule has 7 heteroatoms. The lowest BCUT2D eigenvalue weighted by Gasteiger charge is -2.15. The first kappa shape index (κ1) is 19.2. The summed E-state index contributed by atoms with van der Waals surface area (Å²) in [5.41, 5.74) is 2.76. The van der Waals surface area contributed by atoms with Gasteiger partial charge in [0.15, 0.2) is 0 Å². The van der Waals surface area contributed by atoms with Crippen molar-refractivity contribution in [3.05, 3.63) is 87.7 Å². The molecule has 0 aliphatic rings. The second-order valence-electron chi connectivity index (χ2n) is 7.23. The minimum Gasteiger partial charge on any atom is -0.506 e. The van der Waals surface area contributed by atoms with E-state index in [0.717, 1.165) is 16.8 Å². The molecule has 0 atom stereocenters. The Morgan fingerprint density at radius 3 is 2.61 bits per heavy atom. The number of nitrogens with one attached hydrogen (secondary N) is 1. The smallest absolute Gasteiger partial charge is 0.266 e. The molecule has 31 heavy (non-hydrogen) atoms. The van der Waals surface area contributed by atoms with Crippen molar-refractivity contribution in [3.8, 4) is 22.9 Å². The predicted octanol–water partition coefficient (Wildman–Crippen LogP) is 4.96. The van der Waals surface area contributed by atoms with E-state index in [1.807, 2.05) is 48.5 Å². The highest BCUT2D eigenvalue weighted by molar-refractivity contribution is 6.31. The average molecular weight is 432 g/mol. The SMILES string of the molecule is COc1ccc(Cn2c(=O)c(-c3nc4ccccc4[nH]3)c(O)c3cc(Cl)ccc32)cc1. The molecule has 5 aromatic rings. The number of H-pyrrole nitrogens is 1. The number of hydrogen-bond donors (Lipinski definition) is 2. The van der Waals surface area contributed by atoms with Gasteiger partial charge < -0.3 is 19.4 Å². The number of aromatic hydroxyl groups is 1. The first-order valence-corrected chi connectivity index (χ1v) is 10.1. The molecule has 5 rings (SSSR count). The van der Waals surface area contributed by atoms with Crippen LogP contribution in [0.15, 0.2) is 71.5 Å². The summed E-state index contributed by atoms with van der Waals surface area (Å²) in [6.45, 7) is 0.314. The zero-order chi connectivity index (χ0) is 21.5. The van der Waals surface area contributed by atoms with Crippen molar-refractivity contribution >= 4 is 33.5 Å². The summed E-state index contributed by atoms with van der Waals surface area (Å²) in [6.07, 6.45) is 0. The van der Waals surface area contributed by atoms with E-state index in [2.05, 4.69) is 9.97 Å². The van der Waals surface area contributed by atoms with E-state index in [1.165, 1.54) is 0 Å². The van der Waals surface area contributed by atoms with Crippen LogP contribution in [0.25, 0.3) is 33.3 Å². The fourth-order valence-electron chi connectivity index (χ4n) is 3.77. The van der Waals surface area contributed by atoms with Crippen LogP contribution >= 0.6 is 11.6 Å². The van der Waals surface area contributed by atoms with Crippen LogP contribution in [0.4, 0.5) is 0 Å². The third-order valence-electron chi connectivity index (χ3n) is 5.33. The van der Waals surface area contributed by atoms with E-state index in [1.54, 1.807) is 29.9 Å². The van der Waals surface area contributed by atoms with Crippen LogP contribution in [0.3, 0.4) is 0 Å². The summed E-state index contributed by atoms with van der Waals surface area (Å²) in [5, 5.41) is 12.0. The summed E-state index contributed by atoms with van der Waals surface area (Å²) < 4.78 is 6.84. The first-order chi connectivity index (χ1) is 15.0. The molecule has 0 fully saturated rings. The van der Waals surface area contributed by atoms with Crippen LogP contribution in [0.1, 0.15) is 5.56 Å². The number of aromatic amines is 1. The molecule has 3 aromatic carbocycles. The van der Waals surface area contributed by atoms with E-state index in [9.17, 15) is 9.90 Å². The van der Waals surface area contributed by atoms with Gasteiger partial charge in [0.2, 0.25) is 0 Å². The van der Waals surface area contributed by atoms with Gasteiger partial charge in [0.05, 0.1) is 30.2 Å². The van der Waals surface area contributed by atoms with Gasteiger partial charge in [-0.1, -0.05) is 35.9 Å². The van der Waals surface area contributed by atoms with Gasteiger partial charge in [-0.2, -0.15) is 0 Å². The zero-order valence-corrected chi connectivity index (χ0v) is 17.3. The van der Waals surface area contributed by atoms with Gasteiger partial charge in [-0.3, -0.25) is 4.79 Å². The molecular formula is C24H18ClN3O3. The largest absolute Gasteiger partial charge is 0.506 e. The highest BCUT2D eigenvalue weighted by Gasteiger charge is 2.21. The van der Waals surface area contributed by atoms with Gasteiger partial charge in [0.25, 0.3) is 5.56 Å². The second-order valence-corrected chi connectivity index (χ2v) is 7.66. The average Bonchev–Trinajstić information content (AvgIpc) is 3.21. The Kier molecular flexibility index (Phi) is 4.64. The van der Waals surface area contributed by atoms with Gasteiger partial charge in [-0.25, -0.2) is 4.98 Å². The molecule has 0 saturated carbocycles. The van der Waals surface area contributed by atoms with Gasteiger partial charge >= 0.3 is 0 Å². The van der Waals surface area contributed by atoms with Crippen molar-refractivity contribution in [3.63, 3.8) is 0 Å². The molecule has 0 aliphatic carbocycles. The molecule has 0 radical (unpaired) electrons. The Hall–Kier alpha value is -3.77. The molecule has 0 saturated heterocycles. The minimum atomic E-state index is -0.345. The number of para-hydroxylation sites is 2. The molecule has 2 N–H and O–H groups in total. The quantitative estimate of drug-likeness (QED) is 0.421. The van der Waals surface area contributed by atoms with E-state index in [4.69, 9.17) is 16.3 Å². The summed E-state index contributed by atoms with van der Waals surface area (Å²) in [6, 6.07) is 20.1. The standard InChI is InChI=1S/C24H18ClN3O3/c1-31-16-9-6-14(7-10-16)13-28-20-11-8-15(25)12-17(20)22(29)21(24(28)30)23-26-18-4-2-3-5-19(18)27-23/h2-12,29H,13H2,1H3,(H,26,27). The predicted molar refractivity (Wildman–Crippen MR) is 122 cm³/mol.